The number of benzene rings is 1. The molecule has 0 saturated heterocycles. The average molecular weight is 526 g/mol. The van der Waals surface area contributed by atoms with Crippen LogP contribution in [0.15, 0.2) is 46.0 Å². The molecule has 10 heteroatoms. The Labute approximate surface area is 192 Å². The second-order valence-corrected chi connectivity index (χ2v) is 6.34. The summed E-state index contributed by atoms with van der Waals surface area (Å²) in [5.41, 5.74) is 1.16. The number of nitrogens with zero attached hydrogens (tertiary/aromatic N) is 4. The van der Waals surface area contributed by atoms with Crippen LogP contribution in [0.1, 0.15) is 11.4 Å². The van der Waals surface area contributed by atoms with Crippen molar-refractivity contribution in [2.75, 3.05) is 34.9 Å². The van der Waals surface area contributed by atoms with Crippen LogP contribution in [0.2, 0.25) is 0 Å². The molecule has 0 unspecified atom stereocenters. The summed E-state index contributed by atoms with van der Waals surface area (Å²) >= 11 is 0. The number of furan rings is 1. The van der Waals surface area contributed by atoms with Gasteiger partial charge in [0.05, 0.1) is 27.0 Å². The fourth-order valence-corrected chi connectivity index (χ4v) is 2.88. The Bertz CT molecular complexity index is 942. The van der Waals surface area contributed by atoms with Crippen molar-refractivity contribution in [2.45, 2.75) is 13.0 Å². The zero-order valence-corrected chi connectivity index (χ0v) is 19.8. The first-order valence-corrected chi connectivity index (χ1v) is 9.22. The van der Waals surface area contributed by atoms with Crippen molar-refractivity contribution in [3.05, 3.63) is 48.0 Å². The molecule has 2 aromatic heterocycles. The molecule has 0 bridgehead atoms. The van der Waals surface area contributed by atoms with Crippen molar-refractivity contribution >= 4 is 29.9 Å². The van der Waals surface area contributed by atoms with Crippen molar-refractivity contribution in [2.24, 2.45) is 4.99 Å². The topological polar surface area (TPSA) is 101 Å². The van der Waals surface area contributed by atoms with Crippen LogP contribution in [-0.4, -0.2) is 60.9 Å². The van der Waals surface area contributed by atoms with Crippen LogP contribution in [0.25, 0.3) is 11.6 Å². The molecule has 0 atom stereocenters. The maximum Gasteiger partial charge on any atom is 0.216 e. The first-order chi connectivity index (χ1) is 14.1. The molecule has 1 aromatic carbocycles. The van der Waals surface area contributed by atoms with Crippen molar-refractivity contribution in [3.8, 4) is 23.1 Å². The van der Waals surface area contributed by atoms with Gasteiger partial charge in [0.2, 0.25) is 5.82 Å². The third kappa shape index (κ3) is 5.88. The van der Waals surface area contributed by atoms with Gasteiger partial charge in [0.1, 0.15) is 5.82 Å². The summed E-state index contributed by atoms with van der Waals surface area (Å²) in [4.78, 5) is 10.8. The lowest BCUT2D eigenvalue weighted by molar-refractivity contribution is 0.354. The van der Waals surface area contributed by atoms with E-state index in [-0.39, 0.29) is 24.0 Å². The van der Waals surface area contributed by atoms with E-state index < -0.39 is 0 Å². The Morgan fingerprint density at radius 1 is 1.23 bits per heavy atom. The van der Waals surface area contributed by atoms with Crippen molar-refractivity contribution < 1.29 is 13.9 Å². The number of aromatic nitrogens is 3. The first-order valence-electron chi connectivity index (χ1n) is 9.22. The van der Waals surface area contributed by atoms with Crippen molar-refractivity contribution in [1.29, 1.82) is 0 Å². The Morgan fingerprint density at radius 2 is 2.03 bits per heavy atom. The van der Waals surface area contributed by atoms with E-state index in [1.165, 1.54) is 0 Å². The van der Waals surface area contributed by atoms with Gasteiger partial charge in [-0.1, -0.05) is 6.07 Å². The van der Waals surface area contributed by atoms with Gasteiger partial charge in [-0.2, -0.15) is 0 Å². The maximum absolute atomic E-state index is 5.37. The number of methoxy groups -OCH3 is 2. The van der Waals surface area contributed by atoms with Gasteiger partial charge in [-0.15, -0.1) is 29.1 Å². The monoisotopic (exact) mass is 526 g/mol. The van der Waals surface area contributed by atoms with E-state index in [0.717, 1.165) is 36.0 Å². The third-order valence-electron chi connectivity index (χ3n) is 4.44. The number of rotatable bonds is 8. The molecule has 0 aliphatic heterocycles. The van der Waals surface area contributed by atoms with Gasteiger partial charge in [-0.3, -0.25) is 10.1 Å². The summed E-state index contributed by atoms with van der Waals surface area (Å²) in [6, 6.07) is 9.57. The van der Waals surface area contributed by atoms with E-state index in [1.54, 1.807) is 33.6 Å². The molecule has 2 N–H and O–H groups in total. The van der Waals surface area contributed by atoms with E-state index in [1.807, 2.05) is 31.3 Å². The average Bonchev–Trinajstić information content (AvgIpc) is 3.44. The summed E-state index contributed by atoms with van der Waals surface area (Å²) in [6.45, 7) is 1.25. The highest BCUT2D eigenvalue weighted by molar-refractivity contribution is 14.0. The lowest BCUT2D eigenvalue weighted by Gasteiger charge is -2.22. The Morgan fingerprint density at radius 3 is 2.70 bits per heavy atom. The highest BCUT2D eigenvalue weighted by Crippen LogP contribution is 2.27. The lowest BCUT2D eigenvalue weighted by Crippen LogP contribution is -2.39. The molecule has 0 radical (unpaired) electrons. The highest BCUT2D eigenvalue weighted by Gasteiger charge is 2.11. The predicted molar refractivity (Wildman–Crippen MR) is 126 cm³/mol. The number of hydrogen-bond acceptors (Lipinski definition) is 6. The van der Waals surface area contributed by atoms with Gasteiger partial charge < -0.3 is 24.1 Å². The molecular weight excluding hydrogens is 499 g/mol. The molecule has 30 heavy (non-hydrogen) atoms. The van der Waals surface area contributed by atoms with Crippen LogP contribution in [0.3, 0.4) is 0 Å². The normalized spacial score (nSPS) is 11.0. The second kappa shape index (κ2) is 11.4. The molecule has 0 aliphatic rings. The number of hydrogen-bond donors (Lipinski definition) is 2. The molecule has 0 amide bonds. The summed E-state index contributed by atoms with van der Waals surface area (Å²) in [5, 5.41) is 10.4. The van der Waals surface area contributed by atoms with Gasteiger partial charge in [0.15, 0.2) is 23.2 Å². The Kier molecular flexibility index (Phi) is 8.96. The van der Waals surface area contributed by atoms with Gasteiger partial charge in [-0.25, -0.2) is 4.98 Å². The molecule has 9 nitrogen and oxygen atoms in total. The summed E-state index contributed by atoms with van der Waals surface area (Å²) in [5.74, 6) is 4.08. The molecule has 0 saturated carbocycles. The molecular formula is C20H27IN6O3. The minimum atomic E-state index is 0. The number of aliphatic imine (C=N–C) groups is 1. The molecule has 3 rings (SSSR count). The minimum Gasteiger partial charge on any atom is -0.493 e. The van der Waals surface area contributed by atoms with Crippen molar-refractivity contribution in [1.82, 2.24) is 25.4 Å². The number of likely N-dealkylation sites (N-methyl/N-ethyl adjacent to an activating group) is 1. The van der Waals surface area contributed by atoms with Gasteiger partial charge in [0, 0.05) is 20.6 Å². The Balaban J connectivity index is 0.00000320. The molecule has 0 aliphatic carbocycles. The minimum absolute atomic E-state index is 0. The van der Waals surface area contributed by atoms with Gasteiger partial charge >= 0.3 is 0 Å². The summed E-state index contributed by atoms with van der Waals surface area (Å²) in [6.07, 6.45) is 2.43. The number of guanidine groups is 1. The molecule has 2 heterocycles. The summed E-state index contributed by atoms with van der Waals surface area (Å²) < 4.78 is 16.0. The predicted octanol–water partition coefficient (Wildman–Crippen LogP) is 2.95. The summed E-state index contributed by atoms with van der Waals surface area (Å²) in [7, 11) is 7.02. The zero-order valence-electron chi connectivity index (χ0n) is 17.5. The number of ether oxygens (including phenoxy) is 2. The quantitative estimate of drug-likeness (QED) is 0.265. The van der Waals surface area contributed by atoms with Crippen LogP contribution in [0.4, 0.5) is 0 Å². The molecule has 3 aromatic rings. The smallest absolute Gasteiger partial charge is 0.216 e. The standard InChI is InChI=1S/C20H26N6O3.HI/c1-21-20(22-13-18-23-19(25-24-18)16-6-5-11-29-16)26(2)10-9-14-7-8-15(27-3)17(12-14)28-4;/h5-8,11-12H,9-10,13H2,1-4H3,(H,21,22)(H,23,24,25);1H. The molecule has 162 valence electrons. The van der Waals surface area contributed by atoms with Gasteiger partial charge in [0.25, 0.3) is 0 Å². The van der Waals surface area contributed by atoms with E-state index >= 15 is 0 Å². The lowest BCUT2D eigenvalue weighted by atomic mass is 10.1. The zero-order chi connectivity index (χ0) is 20.6. The van der Waals surface area contributed by atoms with E-state index in [4.69, 9.17) is 13.9 Å². The number of halogens is 1. The molecule has 0 spiro atoms. The Hall–Kier alpha value is -2.76. The van der Waals surface area contributed by atoms with E-state index in [9.17, 15) is 0 Å². The maximum atomic E-state index is 5.37. The van der Waals surface area contributed by atoms with Crippen LogP contribution >= 0.6 is 24.0 Å². The number of nitrogens with one attached hydrogen (secondary N) is 2. The fourth-order valence-electron chi connectivity index (χ4n) is 2.88. The van der Waals surface area contributed by atoms with E-state index in [0.29, 0.717) is 24.0 Å². The second-order valence-electron chi connectivity index (χ2n) is 6.34. The van der Waals surface area contributed by atoms with Gasteiger partial charge in [-0.05, 0) is 36.2 Å². The van der Waals surface area contributed by atoms with Crippen LogP contribution < -0.4 is 14.8 Å². The van der Waals surface area contributed by atoms with Crippen LogP contribution in [0.5, 0.6) is 11.5 Å². The molecule has 0 fully saturated rings. The van der Waals surface area contributed by atoms with Crippen molar-refractivity contribution in [3.63, 3.8) is 0 Å². The highest BCUT2D eigenvalue weighted by atomic mass is 127. The fraction of sp³-hybridized carbons (Fsp3) is 0.350. The third-order valence-corrected chi connectivity index (χ3v) is 4.44. The number of aromatic amines is 1. The van der Waals surface area contributed by atoms with E-state index in [2.05, 4.69) is 30.4 Å². The largest absolute Gasteiger partial charge is 0.493 e. The first kappa shape index (κ1) is 23.5. The SMILES string of the molecule is CN=C(NCc1nc(-c2ccco2)n[nH]1)N(C)CCc1ccc(OC)c(OC)c1.I. The van der Waals surface area contributed by atoms with Crippen LogP contribution in [-0.2, 0) is 13.0 Å². The van der Waals surface area contributed by atoms with Crippen LogP contribution in [0, 0.1) is 0 Å². The number of H-pyrrole nitrogens is 1.